The first-order valence-corrected chi connectivity index (χ1v) is 9.93. The van der Waals surface area contributed by atoms with Crippen molar-refractivity contribution in [2.24, 2.45) is 4.99 Å². The quantitative estimate of drug-likeness (QED) is 0.410. The van der Waals surface area contributed by atoms with Gasteiger partial charge in [0.25, 0.3) is 0 Å². The van der Waals surface area contributed by atoms with Crippen LogP contribution in [0.15, 0.2) is 58.2 Å². The van der Waals surface area contributed by atoms with Gasteiger partial charge in [-0.05, 0) is 57.2 Å². The summed E-state index contributed by atoms with van der Waals surface area (Å²) in [7, 11) is 0. The molecule has 0 saturated carbocycles. The SMILES string of the molecule is C=C/C=C(/CCC1CCCCN1Cc1nc(-c2ccc(C(F)(F)F)cc2)no1)N=C. The second-order valence-electron chi connectivity index (χ2n) is 7.30. The Morgan fingerprint density at radius 1 is 1.27 bits per heavy atom. The summed E-state index contributed by atoms with van der Waals surface area (Å²) in [5.74, 6) is 0.750. The molecule has 30 heavy (non-hydrogen) atoms. The van der Waals surface area contributed by atoms with Crippen molar-refractivity contribution in [2.45, 2.75) is 50.9 Å². The van der Waals surface area contributed by atoms with E-state index in [1.807, 2.05) is 6.08 Å². The van der Waals surface area contributed by atoms with Crippen molar-refractivity contribution in [1.82, 2.24) is 15.0 Å². The van der Waals surface area contributed by atoms with Crippen LogP contribution in [0.3, 0.4) is 0 Å². The van der Waals surface area contributed by atoms with E-state index in [4.69, 9.17) is 4.52 Å². The first kappa shape index (κ1) is 22.0. The van der Waals surface area contributed by atoms with Crippen molar-refractivity contribution < 1.29 is 17.7 Å². The Hall–Kier alpha value is -2.74. The fraction of sp³-hybridized carbons (Fsp3) is 0.409. The minimum Gasteiger partial charge on any atom is -0.338 e. The highest BCUT2D eigenvalue weighted by atomic mass is 19.4. The Bertz CT molecular complexity index is 887. The number of piperidine rings is 1. The third-order valence-corrected chi connectivity index (χ3v) is 5.27. The number of halogens is 3. The lowest BCUT2D eigenvalue weighted by Crippen LogP contribution is -2.39. The van der Waals surface area contributed by atoms with Gasteiger partial charge in [0.2, 0.25) is 11.7 Å². The van der Waals surface area contributed by atoms with Gasteiger partial charge in [-0.2, -0.15) is 18.2 Å². The van der Waals surface area contributed by atoms with Gasteiger partial charge in [0, 0.05) is 17.3 Å². The molecule has 0 N–H and O–H groups in total. The molecule has 1 saturated heterocycles. The standard InChI is InChI=1S/C22H25F3N4O/c1-3-6-18(26-2)12-13-19-7-4-5-14-29(19)15-20-27-21(28-30-20)16-8-10-17(11-9-16)22(23,24)25/h3,6,8-11,19H,1-2,4-5,7,12-15H2/b18-6-. The third-order valence-electron chi connectivity index (χ3n) is 5.27. The van der Waals surface area contributed by atoms with Crippen LogP contribution in [0.5, 0.6) is 0 Å². The number of alkyl halides is 3. The molecule has 1 unspecified atom stereocenters. The van der Waals surface area contributed by atoms with E-state index >= 15 is 0 Å². The normalized spacial score (nSPS) is 18.4. The van der Waals surface area contributed by atoms with Gasteiger partial charge in [0.15, 0.2) is 0 Å². The number of aliphatic imine (C=N–C) groups is 1. The molecule has 1 aromatic heterocycles. The van der Waals surface area contributed by atoms with Crippen molar-refractivity contribution in [1.29, 1.82) is 0 Å². The summed E-state index contributed by atoms with van der Waals surface area (Å²) in [6.45, 7) is 8.75. The summed E-state index contributed by atoms with van der Waals surface area (Å²) in [6.07, 6.45) is 4.33. The number of hydrogen-bond donors (Lipinski definition) is 0. The molecule has 1 fully saturated rings. The van der Waals surface area contributed by atoms with Crippen LogP contribution in [-0.4, -0.2) is 34.3 Å². The maximum Gasteiger partial charge on any atom is 0.416 e. The van der Waals surface area contributed by atoms with E-state index in [1.165, 1.54) is 18.6 Å². The van der Waals surface area contributed by atoms with Crippen molar-refractivity contribution in [3.8, 4) is 11.4 Å². The average Bonchev–Trinajstić information content (AvgIpc) is 3.20. The van der Waals surface area contributed by atoms with Crippen molar-refractivity contribution >= 4 is 6.72 Å². The first-order valence-electron chi connectivity index (χ1n) is 9.93. The Morgan fingerprint density at radius 2 is 2.03 bits per heavy atom. The second-order valence-corrected chi connectivity index (χ2v) is 7.30. The molecule has 1 aliphatic rings. The van der Waals surface area contributed by atoms with Crippen LogP contribution in [-0.2, 0) is 12.7 Å². The van der Waals surface area contributed by atoms with Crippen LogP contribution >= 0.6 is 0 Å². The van der Waals surface area contributed by atoms with Gasteiger partial charge in [-0.25, -0.2) is 0 Å². The molecule has 2 heterocycles. The molecule has 0 bridgehead atoms. The number of nitrogens with zero attached hydrogens (tertiary/aromatic N) is 4. The summed E-state index contributed by atoms with van der Waals surface area (Å²) in [5.41, 5.74) is 0.701. The molecule has 0 amide bonds. The zero-order chi connectivity index (χ0) is 21.6. The predicted octanol–water partition coefficient (Wildman–Crippen LogP) is 5.66. The molecule has 8 heteroatoms. The topological polar surface area (TPSA) is 54.5 Å². The van der Waals surface area contributed by atoms with Crippen LogP contribution < -0.4 is 0 Å². The largest absolute Gasteiger partial charge is 0.416 e. The Balaban J connectivity index is 1.65. The van der Waals surface area contributed by atoms with E-state index in [1.54, 1.807) is 6.08 Å². The number of benzene rings is 1. The van der Waals surface area contributed by atoms with E-state index in [0.717, 1.165) is 50.1 Å². The first-order chi connectivity index (χ1) is 14.4. The summed E-state index contributed by atoms with van der Waals surface area (Å²) in [6, 6.07) is 5.13. The summed E-state index contributed by atoms with van der Waals surface area (Å²) in [4.78, 5) is 10.7. The van der Waals surface area contributed by atoms with E-state index in [9.17, 15) is 13.2 Å². The van der Waals surface area contributed by atoms with Crippen molar-refractivity contribution in [3.63, 3.8) is 0 Å². The molecule has 0 aliphatic carbocycles. The fourth-order valence-corrected chi connectivity index (χ4v) is 3.68. The summed E-state index contributed by atoms with van der Waals surface area (Å²) < 4.78 is 43.6. The smallest absolute Gasteiger partial charge is 0.338 e. The Kier molecular flexibility index (Phi) is 7.20. The number of rotatable bonds is 8. The van der Waals surface area contributed by atoms with E-state index in [-0.39, 0.29) is 0 Å². The highest BCUT2D eigenvalue weighted by molar-refractivity contribution is 5.54. The lowest BCUT2D eigenvalue weighted by atomic mass is 9.97. The maximum absolute atomic E-state index is 12.7. The molecular weight excluding hydrogens is 393 g/mol. The molecule has 1 atom stereocenters. The Labute approximate surface area is 174 Å². The van der Waals surface area contributed by atoms with Crippen molar-refractivity contribution in [3.05, 3.63) is 60.1 Å². The zero-order valence-corrected chi connectivity index (χ0v) is 16.7. The molecule has 2 aromatic rings. The average molecular weight is 418 g/mol. The van der Waals surface area contributed by atoms with Crippen LogP contribution in [0, 0.1) is 0 Å². The van der Waals surface area contributed by atoms with Crippen LogP contribution in [0.4, 0.5) is 13.2 Å². The lowest BCUT2D eigenvalue weighted by Gasteiger charge is -2.34. The molecule has 5 nitrogen and oxygen atoms in total. The van der Waals surface area contributed by atoms with Gasteiger partial charge < -0.3 is 4.52 Å². The Morgan fingerprint density at radius 3 is 2.70 bits per heavy atom. The van der Waals surface area contributed by atoms with Gasteiger partial charge in [0.1, 0.15) is 0 Å². The van der Waals surface area contributed by atoms with E-state index < -0.39 is 11.7 Å². The number of hydrogen-bond acceptors (Lipinski definition) is 5. The number of allylic oxidation sites excluding steroid dienone is 3. The molecule has 1 aliphatic heterocycles. The highest BCUT2D eigenvalue weighted by Gasteiger charge is 2.30. The van der Waals surface area contributed by atoms with Gasteiger partial charge in [-0.3, -0.25) is 9.89 Å². The summed E-state index contributed by atoms with van der Waals surface area (Å²) >= 11 is 0. The molecule has 3 rings (SSSR count). The third kappa shape index (κ3) is 5.66. The maximum atomic E-state index is 12.7. The fourth-order valence-electron chi connectivity index (χ4n) is 3.68. The monoisotopic (exact) mass is 418 g/mol. The minimum absolute atomic E-state index is 0.291. The van der Waals surface area contributed by atoms with Gasteiger partial charge in [0.05, 0.1) is 12.1 Å². The zero-order valence-electron chi connectivity index (χ0n) is 16.7. The highest BCUT2D eigenvalue weighted by Crippen LogP contribution is 2.30. The van der Waals surface area contributed by atoms with Gasteiger partial charge in [-0.1, -0.05) is 36.4 Å². The molecular formula is C22H25F3N4O. The van der Waals surface area contributed by atoms with Gasteiger partial charge >= 0.3 is 6.18 Å². The van der Waals surface area contributed by atoms with Crippen molar-refractivity contribution in [2.75, 3.05) is 6.54 Å². The molecule has 0 radical (unpaired) electrons. The van der Waals surface area contributed by atoms with Crippen LogP contribution in [0.1, 0.15) is 43.6 Å². The van der Waals surface area contributed by atoms with Gasteiger partial charge in [-0.15, -0.1) is 0 Å². The van der Waals surface area contributed by atoms with E-state index in [0.29, 0.717) is 29.9 Å². The van der Waals surface area contributed by atoms with Crippen LogP contribution in [0.25, 0.3) is 11.4 Å². The predicted molar refractivity (Wildman–Crippen MR) is 110 cm³/mol. The van der Waals surface area contributed by atoms with E-state index in [2.05, 4.69) is 33.3 Å². The molecule has 0 spiro atoms. The number of likely N-dealkylation sites (tertiary alicyclic amines) is 1. The molecule has 1 aromatic carbocycles. The number of aromatic nitrogens is 2. The summed E-state index contributed by atoms with van der Waals surface area (Å²) in [5, 5.41) is 3.94. The second kappa shape index (κ2) is 9.84. The van der Waals surface area contributed by atoms with Crippen LogP contribution in [0.2, 0.25) is 0 Å². The lowest BCUT2D eigenvalue weighted by molar-refractivity contribution is -0.137. The minimum atomic E-state index is -4.37. The molecule has 160 valence electrons.